The molecule has 1 nitrogen and oxygen atoms in total. The van der Waals surface area contributed by atoms with Crippen LogP contribution in [0, 0.1) is 0 Å². The van der Waals surface area contributed by atoms with E-state index < -0.39 is 5.94 Å². The lowest BCUT2D eigenvalue weighted by molar-refractivity contribution is 0.783. The van der Waals surface area contributed by atoms with Crippen LogP contribution in [-0.2, 0) is 0 Å². The molecule has 32 heavy (non-hydrogen) atoms. The molecule has 0 aliphatic heterocycles. The Morgan fingerprint density at radius 3 is 1.72 bits per heavy atom. The summed E-state index contributed by atoms with van der Waals surface area (Å²) in [6.45, 7) is 6.79. The van der Waals surface area contributed by atoms with Crippen LogP contribution < -0.4 is 32.4 Å². The van der Waals surface area contributed by atoms with E-state index in [-0.39, 0.29) is 65.7 Å². The summed E-state index contributed by atoms with van der Waals surface area (Å²) in [5, 5.41) is 0.951. The first-order valence-electron chi connectivity index (χ1n) is 9.36. The number of rotatable bonds is 4. The van der Waals surface area contributed by atoms with E-state index in [0.29, 0.717) is 16.0 Å². The highest BCUT2D eigenvalue weighted by Crippen LogP contribution is 2.19. The van der Waals surface area contributed by atoms with Crippen LogP contribution in [0.2, 0.25) is 0 Å². The molecule has 13 heteroatoms. The van der Waals surface area contributed by atoms with Gasteiger partial charge >= 0.3 is 0 Å². The summed E-state index contributed by atoms with van der Waals surface area (Å²) < 4.78 is 1.50. The van der Waals surface area contributed by atoms with E-state index in [0.717, 1.165) is 0 Å². The zero-order valence-corrected chi connectivity index (χ0v) is 18.2. The fourth-order valence-corrected chi connectivity index (χ4v) is 3.43. The average molecular weight is 381 g/mol. The van der Waals surface area contributed by atoms with Crippen molar-refractivity contribution in [2.45, 2.75) is 19.8 Å². The topological polar surface area (TPSA) is 4.93 Å². The molecule has 0 aliphatic carbocycles. The van der Waals surface area contributed by atoms with E-state index >= 15 is 0 Å². The molecule has 0 bridgehead atoms. The number of aromatic nitrogens is 1. The second-order valence-corrected chi connectivity index (χ2v) is 7.50. The molecule has 0 amide bonds. The Morgan fingerprint density at radius 1 is 0.781 bits per heavy atom. The van der Waals surface area contributed by atoms with Gasteiger partial charge in [0, 0.05) is 16.8 Å². The van der Waals surface area contributed by atoms with Gasteiger partial charge < -0.3 is 4.57 Å². The van der Waals surface area contributed by atoms with Gasteiger partial charge in [-0.05, 0) is 10.6 Å². The highest BCUT2D eigenvalue weighted by Gasteiger charge is 2.21. The molecule has 0 saturated carbocycles. The summed E-state index contributed by atoms with van der Waals surface area (Å²) in [5.41, 5.74) is 1.30. The van der Waals surface area contributed by atoms with Crippen molar-refractivity contribution in [1.29, 1.82) is 0 Å². The zero-order valence-electron chi connectivity index (χ0n) is 18.2. The molecular weight excluding hydrogens is 372 g/mol. The minimum absolute atomic E-state index is 0.00564. The Balaban J connectivity index is 3.46. The highest BCUT2D eigenvalue weighted by atomic mass is 15.0. The van der Waals surface area contributed by atoms with Crippen molar-refractivity contribution in [3.63, 3.8) is 0 Å². The molecular formula is C19H9B12N. The third-order valence-corrected chi connectivity index (χ3v) is 5.21. The lowest BCUT2D eigenvalue weighted by Crippen LogP contribution is -2.49. The summed E-state index contributed by atoms with van der Waals surface area (Å²) in [6.07, 6.45) is 0. The van der Waals surface area contributed by atoms with Crippen molar-refractivity contribution >= 4 is 138 Å². The van der Waals surface area contributed by atoms with E-state index in [1.54, 1.807) is 13.8 Å². The van der Waals surface area contributed by atoms with Crippen LogP contribution in [0.5, 0.6) is 0 Å². The SMILES string of the molecule is [B]C(=C)/C([B])=C(/[B])C([B])n1c(=C(\[B])C)/c(=C([B])\C([B])=C(\[B])C)c2c([B])c([B])c([B])c([B])c21. The maximum Gasteiger partial charge on any atom is 0.115 e. The number of hydrogen-bond donors (Lipinski definition) is 0. The maximum atomic E-state index is 6.49. The monoisotopic (exact) mass is 383 g/mol. The van der Waals surface area contributed by atoms with Crippen LogP contribution in [0.25, 0.3) is 21.8 Å². The van der Waals surface area contributed by atoms with Crippen LogP contribution in [0.4, 0.5) is 0 Å². The number of allylic oxidation sites excluding steroid dienone is 5. The van der Waals surface area contributed by atoms with Gasteiger partial charge in [0.25, 0.3) is 0 Å². The van der Waals surface area contributed by atoms with Gasteiger partial charge in [0.2, 0.25) is 0 Å². The van der Waals surface area contributed by atoms with E-state index in [4.69, 9.17) is 94.2 Å². The molecule has 0 aliphatic rings. The Kier molecular flexibility index (Phi) is 8.17. The Morgan fingerprint density at radius 2 is 1.28 bits per heavy atom. The summed E-state index contributed by atoms with van der Waals surface area (Å²) in [7, 11) is 73.9. The van der Waals surface area contributed by atoms with Crippen molar-refractivity contribution < 1.29 is 0 Å². The van der Waals surface area contributed by atoms with Gasteiger partial charge in [-0.15, -0.1) is 44.9 Å². The Bertz CT molecular complexity index is 1320. The van der Waals surface area contributed by atoms with Crippen LogP contribution in [0.1, 0.15) is 19.8 Å². The van der Waals surface area contributed by atoms with Crippen LogP contribution in [-0.4, -0.2) is 98.7 Å². The minimum Gasteiger partial charge on any atom is -0.345 e. The summed E-state index contributed by atoms with van der Waals surface area (Å²) in [4.78, 5) is 0. The van der Waals surface area contributed by atoms with Crippen LogP contribution >= 0.6 is 0 Å². The number of hydrogen-bond acceptors (Lipinski definition) is 0. The highest BCUT2D eigenvalue weighted by molar-refractivity contribution is 6.67. The van der Waals surface area contributed by atoms with Gasteiger partial charge in [-0.2, -0.15) is 0 Å². The molecule has 1 aromatic carbocycles. The zero-order chi connectivity index (χ0) is 24.8. The molecule has 24 radical (unpaired) electrons. The quantitative estimate of drug-likeness (QED) is 0.369. The van der Waals surface area contributed by atoms with Gasteiger partial charge in [-0.3, -0.25) is 0 Å². The Labute approximate surface area is 206 Å². The smallest absolute Gasteiger partial charge is 0.115 e. The Hall–Kier alpha value is -1.50. The summed E-state index contributed by atoms with van der Waals surface area (Å²) in [6, 6.07) is 0. The first kappa shape index (κ1) is 26.7. The second kappa shape index (κ2) is 9.78. The fourth-order valence-electron chi connectivity index (χ4n) is 3.43. The normalized spacial score (nSPS) is 16.2. The first-order valence-corrected chi connectivity index (χ1v) is 9.36. The van der Waals surface area contributed by atoms with E-state index in [9.17, 15) is 0 Å². The standard InChI is InChI=1S/C19H9B12N/c1-4(20)9(23)11(25)7-8-12(26)13(27)14(28)15(29)18(8)32(17(7)6(3)22)19(31)16(30)10(24)5(2)21/h19H,2H2,1,3H3/b9-4-,11-7+,16-10-,17-6-. The van der Waals surface area contributed by atoms with Crippen LogP contribution in [0.15, 0.2) is 33.9 Å². The first-order chi connectivity index (χ1) is 14.7. The molecule has 1 aromatic heterocycles. The van der Waals surface area contributed by atoms with E-state index in [1.807, 2.05) is 0 Å². The van der Waals surface area contributed by atoms with Gasteiger partial charge in [0.05, 0.1) is 0 Å². The lowest BCUT2D eigenvalue weighted by Gasteiger charge is -2.24. The second-order valence-electron chi connectivity index (χ2n) is 7.50. The fraction of sp³-hybridized carbons (Fsp3) is 0.158. The number of nitrogens with zero attached hydrogens (tertiary/aromatic N) is 1. The van der Waals surface area contributed by atoms with Crippen molar-refractivity contribution in [3.05, 3.63) is 44.5 Å². The average Bonchev–Trinajstić information content (AvgIpc) is 3.09. The van der Waals surface area contributed by atoms with E-state index in [1.165, 1.54) is 4.57 Å². The van der Waals surface area contributed by atoms with Gasteiger partial charge in [-0.25, -0.2) is 0 Å². The number of benzene rings is 1. The molecule has 2 rings (SSSR count). The molecule has 2 aromatic rings. The lowest BCUT2D eigenvalue weighted by atomic mass is 9.64. The van der Waals surface area contributed by atoms with Crippen molar-refractivity contribution in [2.75, 3.05) is 0 Å². The molecule has 0 N–H and O–H groups in total. The molecule has 126 valence electrons. The van der Waals surface area contributed by atoms with Crippen LogP contribution in [0.3, 0.4) is 0 Å². The predicted molar refractivity (Wildman–Crippen MR) is 149 cm³/mol. The van der Waals surface area contributed by atoms with Crippen molar-refractivity contribution in [1.82, 2.24) is 4.57 Å². The number of fused-ring (bicyclic) bond motifs is 1. The van der Waals surface area contributed by atoms with Crippen molar-refractivity contribution in [2.24, 2.45) is 0 Å². The molecule has 0 saturated heterocycles. The summed E-state index contributed by atoms with van der Waals surface area (Å²) in [5.74, 6) is -1.12. The molecule has 1 heterocycles. The maximum absolute atomic E-state index is 6.49. The van der Waals surface area contributed by atoms with Gasteiger partial charge in [0.1, 0.15) is 94.2 Å². The van der Waals surface area contributed by atoms with Gasteiger partial charge in [-0.1, -0.05) is 35.7 Å². The molecule has 1 unspecified atom stereocenters. The molecule has 0 fully saturated rings. The van der Waals surface area contributed by atoms with Crippen molar-refractivity contribution in [3.8, 4) is 0 Å². The third kappa shape index (κ3) is 4.34. The molecule has 1 atom stereocenters. The molecule has 0 spiro atoms. The minimum atomic E-state index is -1.12. The van der Waals surface area contributed by atoms with Gasteiger partial charge in [0.15, 0.2) is 0 Å². The largest absolute Gasteiger partial charge is 0.345 e. The third-order valence-electron chi connectivity index (χ3n) is 5.21. The summed E-state index contributed by atoms with van der Waals surface area (Å²) >= 11 is 0. The predicted octanol–water partition coefficient (Wildman–Crippen LogP) is -5.14. The van der Waals surface area contributed by atoms with E-state index in [2.05, 4.69) is 6.58 Å².